The van der Waals surface area contributed by atoms with E-state index in [4.69, 9.17) is 4.74 Å². The molecule has 0 fully saturated rings. The van der Waals surface area contributed by atoms with Crippen molar-refractivity contribution < 1.29 is 9.53 Å². The second kappa shape index (κ2) is 10.3. The number of benzene rings is 1. The van der Waals surface area contributed by atoms with E-state index in [0.29, 0.717) is 30.5 Å². The summed E-state index contributed by atoms with van der Waals surface area (Å²) in [5.41, 5.74) is 2.77. The first-order valence-corrected chi connectivity index (χ1v) is 9.25. The normalized spacial score (nSPS) is 11.3. The maximum Gasteiger partial charge on any atom is 0.253 e. The van der Waals surface area contributed by atoms with Gasteiger partial charge in [0.15, 0.2) is 5.96 Å². The first-order chi connectivity index (χ1) is 13.4. The minimum absolute atomic E-state index is 0.00425. The fourth-order valence-corrected chi connectivity index (χ4v) is 2.44. The summed E-state index contributed by atoms with van der Waals surface area (Å²) < 4.78 is 5.55. The van der Waals surface area contributed by atoms with Crippen molar-refractivity contribution in [3.63, 3.8) is 0 Å². The van der Waals surface area contributed by atoms with E-state index < -0.39 is 0 Å². The Balaban J connectivity index is 1.83. The minimum Gasteiger partial charge on any atom is -0.475 e. The van der Waals surface area contributed by atoms with Gasteiger partial charge in [-0.15, -0.1) is 0 Å². The summed E-state index contributed by atoms with van der Waals surface area (Å²) in [4.78, 5) is 22.0. The van der Waals surface area contributed by atoms with Crippen LogP contribution in [0.15, 0.2) is 47.6 Å². The highest BCUT2D eigenvalue weighted by molar-refractivity contribution is 5.93. The molecular formula is C21H29N5O2. The molecule has 0 atom stereocenters. The summed E-state index contributed by atoms with van der Waals surface area (Å²) in [6.45, 7) is 5.15. The molecule has 0 saturated heterocycles. The molecule has 0 saturated carbocycles. The Morgan fingerprint density at radius 1 is 1.07 bits per heavy atom. The van der Waals surface area contributed by atoms with Gasteiger partial charge in [0, 0.05) is 52.1 Å². The number of amides is 1. The molecule has 2 rings (SSSR count). The molecule has 0 aliphatic heterocycles. The second-order valence-electron chi connectivity index (χ2n) is 6.85. The Morgan fingerprint density at radius 2 is 1.68 bits per heavy atom. The molecule has 2 aromatic rings. The number of hydrogen-bond acceptors (Lipinski definition) is 4. The highest BCUT2D eigenvalue weighted by Crippen LogP contribution is 2.09. The van der Waals surface area contributed by atoms with Gasteiger partial charge in [-0.3, -0.25) is 9.79 Å². The lowest BCUT2D eigenvalue weighted by molar-refractivity contribution is 0.0827. The van der Waals surface area contributed by atoms with Crippen LogP contribution in [-0.2, 0) is 13.1 Å². The van der Waals surface area contributed by atoms with Crippen LogP contribution >= 0.6 is 0 Å². The summed E-state index contributed by atoms with van der Waals surface area (Å²) in [6, 6.07) is 11.4. The molecule has 0 spiro atoms. The standard InChI is InChI=1S/C21H29N5O2/c1-15(2)28-19-11-8-17(13-23-19)14-25-21(22-3)24-12-16-6-9-18(10-7-16)20(27)26(4)5/h6-11,13,15H,12,14H2,1-5H3,(H2,22,24,25). The van der Waals surface area contributed by atoms with Gasteiger partial charge in [0.2, 0.25) is 5.88 Å². The van der Waals surface area contributed by atoms with E-state index in [1.807, 2.05) is 50.2 Å². The van der Waals surface area contributed by atoms with Crippen molar-refractivity contribution in [1.29, 1.82) is 0 Å². The highest BCUT2D eigenvalue weighted by Gasteiger charge is 2.07. The van der Waals surface area contributed by atoms with Crippen LogP contribution in [0, 0.1) is 0 Å². The lowest BCUT2D eigenvalue weighted by atomic mass is 10.1. The number of nitrogens with zero attached hydrogens (tertiary/aromatic N) is 3. The smallest absolute Gasteiger partial charge is 0.253 e. The molecule has 1 aromatic heterocycles. The fraction of sp³-hybridized carbons (Fsp3) is 0.381. The molecule has 1 amide bonds. The number of pyridine rings is 1. The van der Waals surface area contributed by atoms with Crippen molar-refractivity contribution in [3.05, 3.63) is 59.3 Å². The Morgan fingerprint density at radius 3 is 2.18 bits per heavy atom. The van der Waals surface area contributed by atoms with Crippen LogP contribution in [0.4, 0.5) is 0 Å². The number of aromatic nitrogens is 1. The number of nitrogens with one attached hydrogen (secondary N) is 2. The van der Waals surface area contributed by atoms with Crippen LogP contribution in [0.5, 0.6) is 5.88 Å². The van der Waals surface area contributed by atoms with Crippen molar-refractivity contribution in [2.45, 2.75) is 33.0 Å². The largest absolute Gasteiger partial charge is 0.475 e. The number of carbonyl (C=O) groups excluding carboxylic acids is 1. The molecule has 2 N–H and O–H groups in total. The van der Waals surface area contributed by atoms with Crippen LogP contribution in [0.25, 0.3) is 0 Å². The SMILES string of the molecule is CN=C(NCc1ccc(C(=O)N(C)C)cc1)NCc1ccc(OC(C)C)nc1. The molecule has 1 aromatic carbocycles. The van der Waals surface area contributed by atoms with E-state index in [0.717, 1.165) is 11.1 Å². The van der Waals surface area contributed by atoms with E-state index >= 15 is 0 Å². The van der Waals surface area contributed by atoms with Crippen LogP contribution in [0.2, 0.25) is 0 Å². The molecule has 28 heavy (non-hydrogen) atoms. The van der Waals surface area contributed by atoms with Gasteiger partial charge in [-0.2, -0.15) is 0 Å². The van der Waals surface area contributed by atoms with Crippen LogP contribution < -0.4 is 15.4 Å². The van der Waals surface area contributed by atoms with E-state index in [1.54, 1.807) is 32.2 Å². The molecule has 7 heteroatoms. The third-order valence-electron chi connectivity index (χ3n) is 3.90. The third-order valence-corrected chi connectivity index (χ3v) is 3.90. The number of ether oxygens (including phenoxy) is 1. The predicted molar refractivity (Wildman–Crippen MR) is 111 cm³/mol. The van der Waals surface area contributed by atoms with Gasteiger partial charge in [-0.25, -0.2) is 4.98 Å². The van der Waals surface area contributed by atoms with E-state index in [-0.39, 0.29) is 12.0 Å². The molecule has 0 unspecified atom stereocenters. The first-order valence-electron chi connectivity index (χ1n) is 9.25. The van der Waals surface area contributed by atoms with Gasteiger partial charge in [0.05, 0.1) is 6.10 Å². The summed E-state index contributed by atoms with van der Waals surface area (Å²) in [5.74, 6) is 1.31. The Kier molecular flexibility index (Phi) is 7.80. The molecular weight excluding hydrogens is 354 g/mol. The Bertz CT molecular complexity index is 783. The topological polar surface area (TPSA) is 78.9 Å². The molecule has 0 aliphatic carbocycles. The second-order valence-corrected chi connectivity index (χ2v) is 6.85. The molecule has 150 valence electrons. The highest BCUT2D eigenvalue weighted by atomic mass is 16.5. The van der Waals surface area contributed by atoms with Gasteiger partial charge in [-0.1, -0.05) is 18.2 Å². The van der Waals surface area contributed by atoms with Crippen molar-refractivity contribution in [2.75, 3.05) is 21.1 Å². The average molecular weight is 383 g/mol. The zero-order chi connectivity index (χ0) is 20.5. The zero-order valence-corrected chi connectivity index (χ0v) is 17.2. The van der Waals surface area contributed by atoms with Gasteiger partial charge in [0.1, 0.15) is 0 Å². The minimum atomic E-state index is -0.00425. The monoisotopic (exact) mass is 383 g/mol. The maximum absolute atomic E-state index is 11.9. The molecule has 0 aliphatic rings. The summed E-state index contributed by atoms with van der Waals surface area (Å²) in [5, 5.41) is 6.52. The first kappa shape index (κ1) is 21.2. The average Bonchev–Trinajstić information content (AvgIpc) is 2.68. The van der Waals surface area contributed by atoms with E-state index in [1.165, 1.54) is 0 Å². The Labute approximate surface area is 166 Å². The lowest BCUT2D eigenvalue weighted by Gasteiger charge is -2.13. The quantitative estimate of drug-likeness (QED) is 0.567. The molecule has 7 nitrogen and oxygen atoms in total. The number of aliphatic imine (C=N–C) groups is 1. The molecule has 0 bridgehead atoms. The van der Waals surface area contributed by atoms with Gasteiger partial charge >= 0.3 is 0 Å². The number of guanidine groups is 1. The zero-order valence-electron chi connectivity index (χ0n) is 17.2. The molecule has 1 heterocycles. The summed E-state index contributed by atoms with van der Waals surface area (Å²) in [6.07, 6.45) is 1.90. The maximum atomic E-state index is 11.9. The van der Waals surface area contributed by atoms with Crippen LogP contribution in [-0.4, -0.2) is 49.0 Å². The number of carbonyl (C=O) groups is 1. The van der Waals surface area contributed by atoms with Gasteiger partial charge in [-0.05, 0) is 37.1 Å². The van der Waals surface area contributed by atoms with Crippen molar-refractivity contribution in [2.24, 2.45) is 4.99 Å². The van der Waals surface area contributed by atoms with Crippen molar-refractivity contribution in [3.8, 4) is 5.88 Å². The summed E-state index contributed by atoms with van der Waals surface area (Å²) >= 11 is 0. The van der Waals surface area contributed by atoms with Gasteiger partial charge < -0.3 is 20.3 Å². The Hall–Kier alpha value is -3.09. The number of rotatable bonds is 7. The van der Waals surface area contributed by atoms with Crippen molar-refractivity contribution in [1.82, 2.24) is 20.5 Å². The predicted octanol–water partition coefficient (Wildman–Crippen LogP) is 2.44. The van der Waals surface area contributed by atoms with E-state index in [9.17, 15) is 4.79 Å². The summed E-state index contributed by atoms with van der Waals surface area (Å²) in [7, 11) is 5.22. The third kappa shape index (κ3) is 6.57. The van der Waals surface area contributed by atoms with Crippen molar-refractivity contribution >= 4 is 11.9 Å². The van der Waals surface area contributed by atoms with E-state index in [2.05, 4.69) is 20.6 Å². The lowest BCUT2D eigenvalue weighted by Crippen LogP contribution is -2.36. The van der Waals surface area contributed by atoms with Crippen LogP contribution in [0.3, 0.4) is 0 Å². The fourth-order valence-electron chi connectivity index (χ4n) is 2.44. The number of hydrogen-bond donors (Lipinski definition) is 2. The molecule has 0 radical (unpaired) electrons. The van der Waals surface area contributed by atoms with Crippen LogP contribution in [0.1, 0.15) is 35.3 Å². The van der Waals surface area contributed by atoms with Gasteiger partial charge in [0.25, 0.3) is 5.91 Å².